The lowest BCUT2D eigenvalue weighted by atomic mass is 10.2. The van der Waals surface area contributed by atoms with Gasteiger partial charge in [0.05, 0.1) is 33.7 Å². The highest BCUT2D eigenvalue weighted by molar-refractivity contribution is 6.37. The van der Waals surface area contributed by atoms with Crippen LogP contribution in [0.15, 0.2) is 75.0 Å². The summed E-state index contributed by atoms with van der Waals surface area (Å²) in [5.74, 6) is 0.101. The lowest BCUT2D eigenvalue weighted by Gasteiger charge is -2.04. The van der Waals surface area contributed by atoms with E-state index in [1.54, 1.807) is 54.6 Å². The predicted octanol–water partition coefficient (Wildman–Crippen LogP) is 7.54. The van der Waals surface area contributed by atoms with Crippen LogP contribution < -0.4 is 10.9 Å². The van der Waals surface area contributed by atoms with Crippen molar-refractivity contribution >= 4 is 94.2 Å². The van der Waals surface area contributed by atoms with E-state index in [1.807, 2.05) is 0 Å². The van der Waals surface area contributed by atoms with Crippen molar-refractivity contribution in [3.8, 4) is 0 Å². The number of hydrazone groups is 2. The van der Waals surface area contributed by atoms with Gasteiger partial charge in [-0.25, -0.2) is 10.9 Å². The molecule has 174 valence electrons. The lowest BCUT2D eigenvalue weighted by Crippen LogP contribution is -2.30. The first-order valence-electron chi connectivity index (χ1n) is 9.36. The van der Waals surface area contributed by atoms with Gasteiger partial charge in [0, 0.05) is 31.8 Å². The van der Waals surface area contributed by atoms with Gasteiger partial charge in [0.2, 0.25) is 0 Å². The quantitative estimate of drug-likeness (QED) is 0.181. The summed E-state index contributed by atoms with van der Waals surface area (Å²) in [6, 6.07) is 15.1. The van der Waals surface area contributed by atoms with Crippen LogP contribution in [0.25, 0.3) is 0 Å². The molecular formula is C22H14Cl6N6. The Bertz CT molecular complexity index is 1220. The van der Waals surface area contributed by atoms with Gasteiger partial charge in [0.25, 0.3) is 5.96 Å². The van der Waals surface area contributed by atoms with Crippen molar-refractivity contribution in [2.75, 3.05) is 0 Å². The fourth-order valence-corrected chi connectivity index (χ4v) is 3.73. The molecule has 3 aromatic carbocycles. The first kappa shape index (κ1) is 26.3. The minimum atomic E-state index is 0.101. The van der Waals surface area contributed by atoms with Crippen molar-refractivity contribution < 1.29 is 0 Å². The minimum Gasteiger partial charge on any atom is -0.244 e. The third-order valence-electron chi connectivity index (χ3n) is 3.99. The first-order valence-corrected chi connectivity index (χ1v) is 11.6. The smallest absolute Gasteiger partial charge is 0.244 e. The van der Waals surface area contributed by atoms with Gasteiger partial charge in [-0.1, -0.05) is 87.8 Å². The zero-order valence-electron chi connectivity index (χ0n) is 17.0. The molecule has 0 amide bonds. The monoisotopic (exact) mass is 572 g/mol. The standard InChI is InChI=1S/C22H14Cl6N6/c23-16-4-1-13(19(26)7-16)10-29-32-22(33-30-11-14-2-5-17(24)8-20(14)27)34-31-12-15-3-6-18(25)9-21(15)28/h1-12H,(H2,32,33,34)/b29-10-,30-11-,31-12+. The van der Waals surface area contributed by atoms with E-state index in [9.17, 15) is 0 Å². The average Bonchev–Trinajstić information content (AvgIpc) is 2.77. The third kappa shape index (κ3) is 8.17. The van der Waals surface area contributed by atoms with Crippen molar-refractivity contribution in [2.24, 2.45) is 20.4 Å². The van der Waals surface area contributed by atoms with E-state index in [0.29, 0.717) is 46.8 Å². The maximum atomic E-state index is 6.16. The van der Waals surface area contributed by atoms with Gasteiger partial charge in [0.1, 0.15) is 0 Å². The largest absolute Gasteiger partial charge is 0.257 e. The molecule has 12 heteroatoms. The fraction of sp³-hybridized carbons (Fsp3) is 0. The zero-order chi connectivity index (χ0) is 24.5. The summed E-state index contributed by atoms with van der Waals surface area (Å²) in [6.07, 6.45) is 4.45. The highest BCUT2D eigenvalue weighted by atomic mass is 35.5. The van der Waals surface area contributed by atoms with E-state index in [0.717, 1.165) is 0 Å². The van der Waals surface area contributed by atoms with E-state index >= 15 is 0 Å². The molecule has 0 bridgehead atoms. The van der Waals surface area contributed by atoms with Crippen LogP contribution in [-0.4, -0.2) is 24.6 Å². The van der Waals surface area contributed by atoms with E-state index in [2.05, 4.69) is 31.3 Å². The molecule has 3 aromatic rings. The molecule has 0 aliphatic heterocycles. The molecular weight excluding hydrogens is 561 g/mol. The molecule has 0 aliphatic rings. The van der Waals surface area contributed by atoms with E-state index in [1.165, 1.54) is 18.6 Å². The minimum absolute atomic E-state index is 0.101. The van der Waals surface area contributed by atoms with Crippen molar-refractivity contribution in [1.82, 2.24) is 10.9 Å². The zero-order valence-corrected chi connectivity index (χ0v) is 21.5. The molecule has 0 spiro atoms. The van der Waals surface area contributed by atoms with Crippen LogP contribution in [0.3, 0.4) is 0 Å². The lowest BCUT2D eigenvalue weighted by molar-refractivity contribution is 0.890. The second-order valence-electron chi connectivity index (χ2n) is 6.43. The Balaban J connectivity index is 1.77. The number of hydrogen-bond acceptors (Lipinski definition) is 4. The van der Waals surface area contributed by atoms with Gasteiger partial charge < -0.3 is 0 Å². The summed E-state index contributed by atoms with van der Waals surface area (Å²) < 4.78 is 0. The highest BCUT2D eigenvalue weighted by Crippen LogP contribution is 2.21. The number of hydrogen-bond donors (Lipinski definition) is 2. The van der Waals surface area contributed by atoms with Crippen LogP contribution in [0.5, 0.6) is 0 Å². The van der Waals surface area contributed by atoms with Gasteiger partial charge in [-0.05, 0) is 36.4 Å². The summed E-state index contributed by atoms with van der Waals surface area (Å²) in [5, 5.41) is 19.2. The number of benzene rings is 3. The number of rotatable bonds is 6. The Hall–Kier alpha value is -2.32. The Morgan fingerprint density at radius 1 is 0.559 bits per heavy atom. The molecule has 3 rings (SSSR count). The number of nitrogens with zero attached hydrogens (tertiary/aromatic N) is 4. The molecule has 0 saturated heterocycles. The second kappa shape index (κ2) is 13.0. The molecule has 2 N–H and O–H groups in total. The van der Waals surface area contributed by atoms with Crippen molar-refractivity contribution in [3.63, 3.8) is 0 Å². The van der Waals surface area contributed by atoms with Crippen molar-refractivity contribution in [1.29, 1.82) is 0 Å². The summed E-state index contributed by atoms with van der Waals surface area (Å²) in [4.78, 5) is 0. The van der Waals surface area contributed by atoms with Crippen molar-refractivity contribution in [3.05, 3.63) is 101 Å². The van der Waals surface area contributed by atoms with Gasteiger partial charge in [-0.2, -0.15) is 15.3 Å². The topological polar surface area (TPSA) is 73.5 Å². The average molecular weight is 575 g/mol. The predicted molar refractivity (Wildman–Crippen MR) is 146 cm³/mol. The maximum Gasteiger partial charge on any atom is 0.257 e. The van der Waals surface area contributed by atoms with Crippen LogP contribution in [0, 0.1) is 0 Å². The molecule has 6 nitrogen and oxygen atoms in total. The number of nitrogens with one attached hydrogen (secondary N) is 2. The highest BCUT2D eigenvalue weighted by Gasteiger charge is 2.02. The molecule has 0 atom stereocenters. The Morgan fingerprint density at radius 3 is 1.32 bits per heavy atom. The van der Waals surface area contributed by atoms with Gasteiger partial charge in [-0.3, -0.25) is 0 Å². The molecule has 0 heterocycles. The van der Waals surface area contributed by atoms with Crippen LogP contribution in [0.1, 0.15) is 16.7 Å². The molecule has 34 heavy (non-hydrogen) atoms. The summed E-state index contributed by atoms with van der Waals surface area (Å²) in [6.45, 7) is 0. The molecule has 0 fully saturated rings. The van der Waals surface area contributed by atoms with Gasteiger partial charge >= 0.3 is 0 Å². The molecule has 0 radical (unpaired) electrons. The second-order valence-corrected chi connectivity index (χ2v) is 8.96. The van der Waals surface area contributed by atoms with E-state index in [-0.39, 0.29) is 5.96 Å². The molecule has 0 unspecified atom stereocenters. The third-order valence-corrected chi connectivity index (χ3v) is 5.68. The number of guanidine groups is 1. The normalized spacial score (nSPS) is 12.2. The van der Waals surface area contributed by atoms with Crippen LogP contribution in [-0.2, 0) is 0 Å². The van der Waals surface area contributed by atoms with Crippen molar-refractivity contribution in [2.45, 2.75) is 0 Å². The maximum absolute atomic E-state index is 6.16. The van der Waals surface area contributed by atoms with Gasteiger partial charge in [-0.15, -0.1) is 5.10 Å². The van der Waals surface area contributed by atoms with E-state index < -0.39 is 0 Å². The van der Waals surface area contributed by atoms with Crippen LogP contribution in [0.4, 0.5) is 0 Å². The Kier molecular flexibility index (Phi) is 10.0. The Morgan fingerprint density at radius 2 is 0.941 bits per heavy atom. The fourth-order valence-electron chi connectivity index (χ4n) is 2.36. The molecule has 0 aliphatic carbocycles. The SMILES string of the molecule is Clc1ccc(/C=N\N=C(N/N=C\c2ccc(Cl)cc2Cl)N/N=C/c2ccc(Cl)cc2Cl)c(Cl)c1. The van der Waals surface area contributed by atoms with Crippen LogP contribution >= 0.6 is 69.6 Å². The molecule has 0 aromatic heterocycles. The van der Waals surface area contributed by atoms with E-state index in [4.69, 9.17) is 69.6 Å². The van der Waals surface area contributed by atoms with Crippen LogP contribution in [0.2, 0.25) is 30.1 Å². The molecule has 0 saturated carbocycles. The summed E-state index contributed by atoms with van der Waals surface area (Å²) in [7, 11) is 0. The summed E-state index contributed by atoms with van der Waals surface area (Å²) in [5.41, 5.74) is 7.34. The van der Waals surface area contributed by atoms with Gasteiger partial charge in [0.15, 0.2) is 0 Å². The first-order chi connectivity index (χ1) is 16.3. The summed E-state index contributed by atoms with van der Waals surface area (Å²) >= 11 is 36.2. The Labute approximate surface area is 225 Å². The number of halogens is 6.